The van der Waals surface area contributed by atoms with Crippen molar-refractivity contribution in [2.45, 2.75) is 32.0 Å². The van der Waals surface area contributed by atoms with E-state index in [4.69, 9.17) is 8.92 Å². The van der Waals surface area contributed by atoms with Crippen LogP contribution in [-0.2, 0) is 8.92 Å². The molecule has 4 nitrogen and oxygen atoms in total. The third-order valence-corrected chi connectivity index (χ3v) is 2.93. The summed E-state index contributed by atoms with van der Waals surface area (Å²) in [7, 11) is 1.09. The lowest BCUT2D eigenvalue weighted by atomic mass is 9.98. The van der Waals surface area contributed by atoms with E-state index in [2.05, 4.69) is 0 Å². The van der Waals surface area contributed by atoms with E-state index in [9.17, 15) is 9.18 Å². The monoisotopic (exact) mass is 363 g/mol. The third kappa shape index (κ3) is 4.25. The van der Waals surface area contributed by atoms with Crippen molar-refractivity contribution < 1.29 is 18.1 Å². The number of carbonyl (C=O) groups excluding carboxylic acids is 1. The molecule has 0 saturated carbocycles. The van der Waals surface area contributed by atoms with Gasteiger partial charge in [0.2, 0.25) is 0 Å². The Kier molecular flexibility index (Phi) is 4.70. The molecule has 0 N–H and O–H groups in total. The Hall–Kier alpha value is 0.240. The van der Waals surface area contributed by atoms with Gasteiger partial charge in [-0.25, -0.2) is 9.18 Å². The SMILES string of the molecule is CC(C)(C)OC(=O)N1CC(F)(COSI)C1. The number of amides is 1. The molecule has 0 bridgehead atoms. The number of ether oxygens (including phenoxy) is 1. The summed E-state index contributed by atoms with van der Waals surface area (Å²) in [5.74, 6) is 0. The van der Waals surface area contributed by atoms with Gasteiger partial charge in [0.1, 0.15) is 5.60 Å². The first-order chi connectivity index (χ1) is 7.26. The van der Waals surface area contributed by atoms with Crippen LogP contribution in [0.3, 0.4) is 0 Å². The Bertz CT molecular complexity index is 266. The highest BCUT2D eigenvalue weighted by Crippen LogP contribution is 2.29. The molecule has 1 rings (SSSR count). The van der Waals surface area contributed by atoms with Crippen LogP contribution < -0.4 is 0 Å². The van der Waals surface area contributed by atoms with Gasteiger partial charge in [-0.1, -0.05) is 0 Å². The standard InChI is InChI=1S/C9H15FINO3S/c1-8(2,3)15-7(13)12-4-9(10,5-12)6-14-16-11/h4-6H2,1-3H3. The second-order valence-electron chi connectivity index (χ2n) is 4.81. The molecule has 16 heavy (non-hydrogen) atoms. The third-order valence-electron chi connectivity index (χ3n) is 1.96. The second-order valence-corrected chi connectivity index (χ2v) is 6.25. The summed E-state index contributed by atoms with van der Waals surface area (Å²) in [5.41, 5.74) is -1.96. The van der Waals surface area contributed by atoms with E-state index in [0.29, 0.717) is 0 Å². The maximum absolute atomic E-state index is 13.7. The zero-order valence-electron chi connectivity index (χ0n) is 9.46. The zero-order chi connectivity index (χ0) is 12.4. The van der Waals surface area contributed by atoms with Crippen LogP contribution in [0.15, 0.2) is 0 Å². The first-order valence-electron chi connectivity index (χ1n) is 4.83. The zero-order valence-corrected chi connectivity index (χ0v) is 12.4. The molecular weight excluding hydrogens is 348 g/mol. The summed E-state index contributed by atoms with van der Waals surface area (Å²) in [4.78, 5) is 12.8. The van der Waals surface area contributed by atoms with Crippen LogP contribution >= 0.6 is 30.4 Å². The molecule has 0 radical (unpaired) electrons. The summed E-state index contributed by atoms with van der Waals surface area (Å²) in [5, 5.41) is 0. The fourth-order valence-corrected chi connectivity index (χ4v) is 1.95. The van der Waals surface area contributed by atoms with Gasteiger partial charge in [0, 0.05) is 21.2 Å². The molecule has 1 aliphatic rings. The van der Waals surface area contributed by atoms with Crippen LogP contribution in [0.25, 0.3) is 0 Å². The molecule has 1 aliphatic heterocycles. The average Bonchev–Trinajstić information content (AvgIpc) is 2.07. The number of hydrogen-bond donors (Lipinski definition) is 0. The molecule has 0 spiro atoms. The van der Waals surface area contributed by atoms with Crippen molar-refractivity contribution in [1.82, 2.24) is 4.90 Å². The first-order valence-corrected chi connectivity index (χ1v) is 8.11. The lowest BCUT2D eigenvalue weighted by Gasteiger charge is -2.43. The van der Waals surface area contributed by atoms with Crippen LogP contribution in [0.2, 0.25) is 0 Å². The number of alkyl halides is 1. The smallest absolute Gasteiger partial charge is 0.410 e. The van der Waals surface area contributed by atoms with Crippen LogP contribution in [0, 0.1) is 0 Å². The largest absolute Gasteiger partial charge is 0.444 e. The number of hydrogen-bond acceptors (Lipinski definition) is 4. The van der Waals surface area contributed by atoms with Crippen molar-refractivity contribution in [3.05, 3.63) is 0 Å². The van der Waals surface area contributed by atoms with Gasteiger partial charge in [-0.3, -0.25) is 0 Å². The van der Waals surface area contributed by atoms with Gasteiger partial charge < -0.3 is 13.8 Å². The Labute approximate surface area is 111 Å². The predicted octanol–water partition coefficient (Wildman–Crippen LogP) is 2.96. The number of nitrogens with zero attached hydrogens (tertiary/aromatic N) is 1. The minimum Gasteiger partial charge on any atom is -0.444 e. The topological polar surface area (TPSA) is 38.8 Å². The van der Waals surface area contributed by atoms with Crippen molar-refractivity contribution in [3.8, 4) is 0 Å². The van der Waals surface area contributed by atoms with Gasteiger partial charge in [0.25, 0.3) is 0 Å². The molecular formula is C9H15FINO3S. The number of likely N-dealkylation sites (tertiary alicyclic amines) is 1. The maximum atomic E-state index is 13.7. The highest BCUT2D eigenvalue weighted by Gasteiger charge is 2.47. The molecule has 0 unspecified atom stereocenters. The van der Waals surface area contributed by atoms with Crippen LogP contribution in [0.1, 0.15) is 20.8 Å². The van der Waals surface area contributed by atoms with Crippen molar-refractivity contribution >= 4 is 36.5 Å². The molecule has 0 aromatic rings. The minimum absolute atomic E-state index is 0.0000947. The molecule has 94 valence electrons. The Morgan fingerprint density at radius 1 is 1.56 bits per heavy atom. The summed E-state index contributed by atoms with van der Waals surface area (Å²) in [6.07, 6.45) is -0.470. The van der Waals surface area contributed by atoms with Gasteiger partial charge in [0.15, 0.2) is 5.67 Å². The Balaban J connectivity index is 2.32. The Morgan fingerprint density at radius 2 is 2.12 bits per heavy atom. The fraction of sp³-hybridized carbons (Fsp3) is 0.889. The maximum Gasteiger partial charge on any atom is 0.410 e. The fourth-order valence-electron chi connectivity index (χ4n) is 1.31. The second kappa shape index (κ2) is 5.26. The molecule has 1 fully saturated rings. The van der Waals surface area contributed by atoms with Crippen molar-refractivity contribution in [3.63, 3.8) is 0 Å². The van der Waals surface area contributed by atoms with Crippen molar-refractivity contribution in [2.24, 2.45) is 0 Å². The van der Waals surface area contributed by atoms with Crippen molar-refractivity contribution in [1.29, 1.82) is 0 Å². The van der Waals surface area contributed by atoms with Gasteiger partial charge in [-0.2, -0.15) is 0 Å². The minimum atomic E-state index is -1.42. The highest BCUT2D eigenvalue weighted by molar-refractivity contribution is 14.2. The van der Waals surface area contributed by atoms with Gasteiger partial charge >= 0.3 is 6.09 Å². The van der Waals surface area contributed by atoms with Crippen LogP contribution in [-0.4, -0.2) is 42.0 Å². The molecule has 1 amide bonds. The number of halogens is 2. The summed E-state index contributed by atoms with van der Waals surface area (Å²) < 4.78 is 23.8. The van der Waals surface area contributed by atoms with E-state index in [0.717, 1.165) is 9.21 Å². The number of rotatable bonds is 3. The van der Waals surface area contributed by atoms with E-state index in [1.807, 2.05) is 21.2 Å². The van der Waals surface area contributed by atoms with E-state index in [1.165, 1.54) is 4.90 Å². The lowest BCUT2D eigenvalue weighted by Crippen LogP contribution is -2.63. The Morgan fingerprint density at radius 3 is 2.56 bits per heavy atom. The highest BCUT2D eigenvalue weighted by atomic mass is 127. The lowest BCUT2D eigenvalue weighted by molar-refractivity contribution is -0.0656. The van der Waals surface area contributed by atoms with Gasteiger partial charge in [-0.05, 0) is 20.8 Å². The molecule has 1 saturated heterocycles. The van der Waals surface area contributed by atoms with Crippen LogP contribution in [0.5, 0.6) is 0 Å². The van der Waals surface area contributed by atoms with E-state index < -0.39 is 17.4 Å². The van der Waals surface area contributed by atoms with Crippen molar-refractivity contribution in [2.75, 3.05) is 19.7 Å². The van der Waals surface area contributed by atoms with E-state index >= 15 is 0 Å². The summed E-state index contributed by atoms with van der Waals surface area (Å²) in [6, 6.07) is 0. The molecule has 0 aliphatic carbocycles. The molecule has 7 heteroatoms. The molecule has 0 aromatic carbocycles. The van der Waals surface area contributed by atoms with Crippen LogP contribution in [0.4, 0.5) is 9.18 Å². The van der Waals surface area contributed by atoms with Gasteiger partial charge in [0.05, 0.1) is 28.9 Å². The molecule has 0 atom stereocenters. The molecule has 1 heterocycles. The number of carbonyl (C=O) groups is 1. The van der Waals surface area contributed by atoms with E-state index in [-0.39, 0.29) is 19.7 Å². The summed E-state index contributed by atoms with van der Waals surface area (Å²) in [6.45, 7) is 5.42. The molecule has 0 aromatic heterocycles. The first kappa shape index (κ1) is 14.3. The quantitative estimate of drug-likeness (QED) is 0.571. The van der Waals surface area contributed by atoms with Gasteiger partial charge in [-0.15, -0.1) is 0 Å². The average molecular weight is 363 g/mol. The summed E-state index contributed by atoms with van der Waals surface area (Å²) >= 11 is 1.93. The predicted molar refractivity (Wildman–Crippen MR) is 69.2 cm³/mol. The normalized spacial score (nSPS) is 19.2. The van der Waals surface area contributed by atoms with E-state index in [1.54, 1.807) is 20.8 Å².